The zero-order valence-corrected chi connectivity index (χ0v) is 24.0. The first-order valence-corrected chi connectivity index (χ1v) is 13.8. The van der Waals surface area contributed by atoms with Crippen molar-refractivity contribution in [1.82, 2.24) is 14.8 Å². The van der Waals surface area contributed by atoms with Gasteiger partial charge in [-0.15, -0.1) is 0 Å². The summed E-state index contributed by atoms with van der Waals surface area (Å²) in [7, 11) is 3.97. The van der Waals surface area contributed by atoms with E-state index in [1.807, 2.05) is 100 Å². The molecule has 2 aliphatic rings. The van der Waals surface area contributed by atoms with Gasteiger partial charge in [0.2, 0.25) is 5.88 Å². The molecule has 1 saturated carbocycles. The molecule has 0 unspecified atom stereocenters. The Labute approximate surface area is 236 Å². The largest absolute Gasteiger partial charge is 0.466 e. The Morgan fingerprint density at radius 2 is 1.73 bits per heavy atom. The van der Waals surface area contributed by atoms with Gasteiger partial charge in [0.25, 0.3) is 5.91 Å². The highest BCUT2D eigenvalue weighted by molar-refractivity contribution is 5.99. The van der Waals surface area contributed by atoms with Crippen LogP contribution in [0.25, 0.3) is 22.4 Å². The van der Waals surface area contributed by atoms with Crippen LogP contribution >= 0.6 is 0 Å². The van der Waals surface area contributed by atoms with Gasteiger partial charge in [0.1, 0.15) is 5.69 Å². The van der Waals surface area contributed by atoms with Crippen LogP contribution < -0.4 is 9.64 Å². The Morgan fingerprint density at radius 3 is 2.27 bits per heavy atom. The highest BCUT2D eigenvalue weighted by Gasteiger charge is 2.50. The summed E-state index contributed by atoms with van der Waals surface area (Å²) >= 11 is 0. The fourth-order valence-electron chi connectivity index (χ4n) is 5.93. The Morgan fingerprint density at radius 1 is 1.05 bits per heavy atom. The van der Waals surface area contributed by atoms with Crippen LogP contribution in [0.15, 0.2) is 60.7 Å². The number of rotatable bonds is 7. The number of hydrogen-bond donors (Lipinski definition) is 1. The molecule has 40 heavy (non-hydrogen) atoms. The average molecular weight is 543 g/mol. The van der Waals surface area contributed by atoms with E-state index in [0.717, 1.165) is 53.8 Å². The summed E-state index contributed by atoms with van der Waals surface area (Å²) in [4.78, 5) is 35.6. The molecule has 8 heteroatoms. The Hall–Kier alpha value is -3.91. The second-order valence-corrected chi connectivity index (χ2v) is 12.0. The predicted octanol–water partition coefficient (Wildman–Crippen LogP) is 5.86. The van der Waals surface area contributed by atoms with E-state index in [9.17, 15) is 14.7 Å². The lowest BCUT2D eigenvalue weighted by atomic mass is 9.69. The van der Waals surface area contributed by atoms with Crippen LogP contribution in [0.2, 0.25) is 0 Å². The Balaban J connectivity index is 1.59. The monoisotopic (exact) mass is 542 g/mol. The number of hydrogen-bond acceptors (Lipinski definition) is 5. The standard InChI is InChI=1S/C32H38N4O4/c1-31(2,3)36(30(38)39)32(16-9-17-32)24-14-12-23(13-15-24)28-25(22-10-7-6-8-11-22)20-26-29(33-28)40-21-27(37)35(26)19-18-34(4)5/h6-8,10-15,20H,9,16-19,21H2,1-5H3,(H,38,39). The van der Waals surface area contributed by atoms with Crippen molar-refractivity contribution in [3.05, 3.63) is 66.2 Å². The topological polar surface area (TPSA) is 86.2 Å². The molecule has 0 saturated heterocycles. The highest BCUT2D eigenvalue weighted by atomic mass is 16.5. The van der Waals surface area contributed by atoms with Gasteiger partial charge >= 0.3 is 6.09 Å². The highest BCUT2D eigenvalue weighted by Crippen LogP contribution is 2.50. The van der Waals surface area contributed by atoms with Crippen LogP contribution in [0.3, 0.4) is 0 Å². The molecule has 0 radical (unpaired) electrons. The smallest absolute Gasteiger partial charge is 0.408 e. The molecule has 0 spiro atoms. The molecule has 5 rings (SSSR count). The van der Waals surface area contributed by atoms with Crippen molar-refractivity contribution in [2.45, 2.75) is 51.1 Å². The third-order valence-corrected chi connectivity index (χ3v) is 7.92. The van der Waals surface area contributed by atoms with Gasteiger partial charge in [-0.3, -0.25) is 9.69 Å². The number of nitrogens with zero attached hydrogens (tertiary/aromatic N) is 4. The molecule has 2 heterocycles. The molecule has 1 aliphatic heterocycles. The van der Waals surface area contributed by atoms with Gasteiger partial charge in [-0.05, 0) is 71.3 Å². The first-order chi connectivity index (χ1) is 19.0. The zero-order chi connectivity index (χ0) is 28.7. The van der Waals surface area contributed by atoms with Crippen LogP contribution in [0.1, 0.15) is 45.6 Å². The van der Waals surface area contributed by atoms with E-state index in [0.29, 0.717) is 18.1 Å². The molecule has 210 valence electrons. The number of carboxylic acid groups (broad SMARTS) is 1. The van der Waals surface area contributed by atoms with E-state index in [-0.39, 0.29) is 12.5 Å². The molecular weight excluding hydrogens is 504 g/mol. The fraction of sp³-hybridized carbons (Fsp3) is 0.406. The summed E-state index contributed by atoms with van der Waals surface area (Å²) in [5.74, 6) is 0.359. The summed E-state index contributed by atoms with van der Waals surface area (Å²) in [5, 5.41) is 10.2. The van der Waals surface area contributed by atoms with Crippen molar-refractivity contribution < 1.29 is 19.4 Å². The lowest BCUT2D eigenvalue weighted by molar-refractivity contribution is -0.121. The number of aromatic nitrogens is 1. The predicted molar refractivity (Wildman–Crippen MR) is 157 cm³/mol. The van der Waals surface area contributed by atoms with Gasteiger partial charge in [0, 0.05) is 29.8 Å². The first-order valence-electron chi connectivity index (χ1n) is 13.8. The molecule has 1 N–H and O–H groups in total. The number of amides is 2. The average Bonchev–Trinajstić information content (AvgIpc) is 2.89. The number of carbonyl (C=O) groups is 2. The molecule has 2 aromatic carbocycles. The second kappa shape index (κ2) is 10.6. The summed E-state index contributed by atoms with van der Waals surface area (Å²) in [6.07, 6.45) is 1.69. The molecule has 1 aliphatic carbocycles. The molecule has 1 fully saturated rings. The van der Waals surface area contributed by atoms with E-state index in [1.165, 1.54) is 0 Å². The van der Waals surface area contributed by atoms with Gasteiger partial charge in [0.15, 0.2) is 6.61 Å². The van der Waals surface area contributed by atoms with Crippen molar-refractivity contribution >= 4 is 17.7 Å². The van der Waals surface area contributed by atoms with E-state index >= 15 is 0 Å². The number of fused-ring (bicyclic) bond motifs is 1. The Kier molecular flexibility index (Phi) is 7.31. The minimum Gasteiger partial charge on any atom is -0.466 e. The number of carbonyl (C=O) groups excluding carboxylic acids is 1. The third kappa shape index (κ3) is 5.04. The summed E-state index contributed by atoms with van der Waals surface area (Å²) in [6.45, 7) is 7.07. The van der Waals surface area contributed by atoms with Crippen LogP contribution in [-0.4, -0.2) is 71.2 Å². The van der Waals surface area contributed by atoms with Crippen LogP contribution in [0.5, 0.6) is 5.88 Å². The minimum atomic E-state index is -0.899. The van der Waals surface area contributed by atoms with Gasteiger partial charge in [-0.1, -0.05) is 54.6 Å². The van der Waals surface area contributed by atoms with Crippen molar-refractivity contribution in [1.29, 1.82) is 0 Å². The van der Waals surface area contributed by atoms with Gasteiger partial charge in [-0.2, -0.15) is 0 Å². The van der Waals surface area contributed by atoms with Gasteiger partial charge in [0.05, 0.1) is 11.2 Å². The molecule has 8 nitrogen and oxygen atoms in total. The van der Waals surface area contributed by atoms with Crippen LogP contribution in [0.4, 0.5) is 10.5 Å². The SMILES string of the molecule is CN(C)CCN1C(=O)COc2nc(-c3ccc(C4(N(C(=O)O)C(C)(C)C)CCC4)cc3)c(-c3ccccc3)cc21. The van der Waals surface area contributed by atoms with Crippen molar-refractivity contribution in [3.63, 3.8) is 0 Å². The summed E-state index contributed by atoms with van der Waals surface area (Å²) < 4.78 is 5.84. The van der Waals surface area contributed by atoms with E-state index in [1.54, 1.807) is 9.80 Å². The minimum absolute atomic E-state index is 0.0448. The molecule has 3 aromatic rings. The maximum absolute atomic E-state index is 12.8. The fourth-order valence-corrected chi connectivity index (χ4v) is 5.93. The lowest BCUT2D eigenvalue weighted by Gasteiger charge is -2.54. The second-order valence-electron chi connectivity index (χ2n) is 12.0. The van der Waals surface area contributed by atoms with Crippen LogP contribution in [-0.2, 0) is 10.3 Å². The van der Waals surface area contributed by atoms with E-state index < -0.39 is 17.2 Å². The number of benzene rings is 2. The lowest BCUT2D eigenvalue weighted by Crippen LogP contribution is -2.60. The quantitative estimate of drug-likeness (QED) is 0.403. The maximum Gasteiger partial charge on any atom is 0.408 e. The van der Waals surface area contributed by atoms with Crippen LogP contribution in [0, 0.1) is 0 Å². The molecule has 1 aromatic heterocycles. The first kappa shape index (κ1) is 27.6. The molecule has 2 amide bonds. The zero-order valence-electron chi connectivity index (χ0n) is 24.0. The van der Waals surface area contributed by atoms with Gasteiger partial charge in [-0.25, -0.2) is 9.78 Å². The molecule has 0 bridgehead atoms. The number of likely N-dealkylation sites (N-methyl/N-ethyl adjacent to an activating group) is 1. The van der Waals surface area contributed by atoms with Crippen molar-refractivity contribution in [2.75, 3.05) is 38.7 Å². The van der Waals surface area contributed by atoms with E-state index in [4.69, 9.17) is 9.72 Å². The Bertz CT molecular complexity index is 1390. The van der Waals surface area contributed by atoms with Gasteiger partial charge < -0.3 is 19.6 Å². The normalized spacial score (nSPS) is 16.2. The number of ether oxygens (including phenoxy) is 1. The van der Waals surface area contributed by atoms with E-state index in [2.05, 4.69) is 0 Å². The van der Waals surface area contributed by atoms with Crippen molar-refractivity contribution in [3.8, 4) is 28.3 Å². The third-order valence-electron chi connectivity index (χ3n) is 7.92. The maximum atomic E-state index is 12.8. The number of anilines is 1. The number of pyridine rings is 1. The summed E-state index contributed by atoms with van der Waals surface area (Å²) in [5.41, 5.74) is 4.15. The summed E-state index contributed by atoms with van der Waals surface area (Å²) in [6, 6.07) is 20.2. The molecule has 0 atom stereocenters. The van der Waals surface area contributed by atoms with Crippen molar-refractivity contribution in [2.24, 2.45) is 0 Å². The molecular formula is C32H38N4O4.